The summed E-state index contributed by atoms with van der Waals surface area (Å²) in [4.78, 5) is 12.0. The SMILES string of the molecule is COCCn1c(C(=O)O)cc2ccsc21. The number of hydrogen-bond donors (Lipinski definition) is 1. The topological polar surface area (TPSA) is 51.5 Å². The Kier molecular flexibility index (Phi) is 2.75. The Morgan fingerprint density at radius 2 is 2.47 bits per heavy atom. The van der Waals surface area contributed by atoms with Crippen LogP contribution in [0.5, 0.6) is 0 Å². The van der Waals surface area contributed by atoms with Gasteiger partial charge in [-0.1, -0.05) is 0 Å². The Morgan fingerprint density at radius 3 is 3.13 bits per heavy atom. The minimum atomic E-state index is -0.894. The second-order valence-electron chi connectivity index (χ2n) is 3.16. The second-order valence-corrected chi connectivity index (χ2v) is 4.05. The van der Waals surface area contributed by atoms with Crippen LogP contribution in [-0.2, 0) is 11.3 Å². The Hall–Kier alpha value is -1.33. The van der Waals surface area contributed by atoms with Crippen LogP contribution in [0.4, 0.5) is 0 Å². The molecule has 1 N–H and O–H groups in total. The van der Waals surface area contributed by atoms with E-state index in [9.17, 15) is 4.79 Å². The second kappa shape index (κ2) is 4.04. The van der Waals surface area contributed by atoms with Crippen molar-refractivity contribution in [1.82, 2.24) is 4.57 Å². The van der Waals surface area contributed by atoms with Crippen molar-refractivity contribution in [1.29, 1.82) is 0 Å². The highest BCUT2D eigenvalue weighted by molar-refractivity contribution is 7.16. The standard InChI is InChI=1S/C10H11NO3S/c1-14-4-3-11-8(10(12)13)6-7-2-5-15-9(7)11/h2,5-6H,3-4H2,1H3,(H,12,13). The summed E-state index contributed by atoms with van der Waals surface area (Å²) in [6.45, 7) is 1.09. The highest BCUT2D eigenvalue weighted by atomic mass is 32.1. The van der Waals surface area contributed by atoms with E-state index in [1.165, 1.54) is 0 Å². The number of carbonyl (C=O) groups is 1. The van der Waals surface area contributed by atoms with Crippen LogP contribution in [0.3, 0.4) is 0 Å². The molecule has 0 atom stereocenters. The minimum absolute atomic E-state index is 0.328. The quantitative estimate of drug-likeness (QED) is 0.866. The van der Waals surface area contributed by atoms with Crippen LogP contribution in [0.25, 0.3) is 10.2 Å². The van der Waals surface area contributed by atoms with Gasteiger partial charge in [0.1, 0.15) is 10.5 Å². The molecule has 15 heavy (non-hydrogen) atoms. The van der Waals surface area contributed by atoms with Gasteiger partial charge in [-0.05, 0) is 17.5 Å². The van der Waals surface area contributed by atoms with E-state index in [4.69, 9.17) is 9.84 Å². The molecule has 0 spiro atoms. The van der Waals surface area contributed by atoms with Crippen molar-refractivity contribution in [3.05, 3.63) is 23.2 Å². The van der Waals surface area contributed by atoms with Gasteiger partial charge in [0.05, 0.1) is 6.61 Å². The van der Waals surface area contributed by atoms with Crippen LogP contribution >= 0.6 is 11.3 Å². The summed E-state index contributed by atoms with van der Waals surface area (Å²) < 4.78 is 6.75. The van der Waals surface area contributed by atoms with Crippen molar-refractivity contribution in [2.24, 2.45) is 0 Å². The van der Waals surface area contributed by atoms with Crippen molar-refractivity contribution in [3.63, 3.8) is 0 Å². The summed E-state index contributed by atoms with van der Waals surface area (Å²) in [5.41, 5.74) is 0.328. The number of aromatic nitrogens is 1. The Morgan fingerprint density at radius 1 is 1.67 bits per heavy atom. The lowest BCUT2D eigenvalue weighted by atomic mass is 10.3. The maximum Gasteiger partial charge on any atom is 0.352 e. The number of carboxylic acid groups (broad SMARTS) is 1. The number of nitrogens with zero attached hydrogens (tertiary/aromatic N) is 1. The van der Waals surface area contributed by atoms with E-state index in [0.29, 0.717) is 18.8 Å². The van der Waals surface area contributed by atoms with E-state index in [1.54, 1.807) is 29.1 Å². The number of carboxylic acids is 1. The normalized spacial score (nSPS) is 11.0. The summed E-state index contributed by atoms with van der Waals surface area (Å²) >= 11 is 1.55. The molecule has 2 aromatic rings. The lowest BCUT2D eigenvalue weighted by Gasteiger charge is -2.05. The number of fused-ring (bicyclic) bond motifs is 1. The van der Waals surface area contributed by atoms with E-state index < -0.39 is 5.97 Å². The third-order valence-corrected chi connectivity index (χ3v) is 3.19. The molecule has 0 fully saturated rings. The molecule has 0 aliphatic rings. The number of hydrogen-bond acceptors (Lipinski definition) is 3. The maximum atomic E-state index is 11.0. The van der Waals surface area contributed by atoms with Crippen molar-refractivity contribution in [2.45, 2.75) is 6.54 Å². The third-order valence-electron chi connectivity index (χ3n) is 2.24. The lowest BCUT2D eigenvalue weighted by Crippen LogP contribution is -2.11. The summed E-state index contributed by atoms with van der Waals surface area (Å²) in [6, 6.07) is 3.62. The summed E-state index contributed by atoms with van der Waals surface area (Å²) in [5.74, 6) is -0.894. The Balaban J connectivity index is 2.48. The largest absolute Gasteiger partial charge is 0.477 e. The molecule has 0 saturated heterocycles. The fourth-order valence-corrected chi connectivity index (χ4v) is 2.48. The van der Waals surface area contributed by atoms with E-state index in [0.717, 1.165) is 10.2 Å². The van der Waals surface area contributed by atoms with Crippen LogP contribution in [-0.4, -0.2) is 29.4 Å². The van der Waals surface area contributed by atoms with E-state index in [-0.39, 0.29) is 0 Å². The van der Waals surface area contributed by atoms with E-state index in [1.807, 2.05) is 11.4 Å². The predicted molar refractivity (Wildman–Crippen MR) is 58.7 cm³/mol. The monoisotopic (exact) mass is 225 g/mol. The number of methoxy groups -OCH3 is 1. The third kappa shape index (κ3) is 1.75. The molecule has 80 valence electrons. The van der Waals surface area contributed by atoms with Crippen LogP contribution < -0.4 is 0 Å². The van der Waals surface area contributed by atoms with Gasteiger partial charge >= 0.3 is 5.97 Å². The van der Waals surface area contributed by atoms with E-state index in [2.05, 4.69) is 0 Å². The molecule has 0 unspecified atom stereocenters. The molecular weight excluding hydrogens is 214 g/mol. The van der Waals surface area contributed by atoms with Crippen LogP contribution in [0.1, 0.15) is 10.5 Å². The highest BCUT2D eigenvalue weighted by Gasteiger charge is 2.14. The van der Waals surface area contributed by atoms with Crippen LogP contribution in [0, 0.1) is 0 Å². The maximum absolute atomic E-state index is 11.0. The van der Waals surface area contributed by atoms with E-state index >= 15 is 0 Å². The first-order valence-electron chi connectivity index (χ1n) is 4.53. The summed E-state index contributed by atoms with van der Waals surface area (Å²) in [6.07, 6.45) is 0. The Bertz CT molecular complexity index is 486. The molecule has 2 aromatic heterocycles. The molecule has 0 saturated carbocycles. The number of ether oxygens (including phenoxy) is 1. The first-order chi connectivity index (χ1) is 7.24. The molecule has 2 rings (SSSR count). The molecule has 0 amide bonds. The first-order valence-corrected chi connectivity index (χ1v) is 5.41. The number of rotatable bonds is 4. The molecule has 0 bridgehead atoms. The molecule has 4 nitrogen and oxygen atoms in total. The van der Waals surface area contributed by atoms with Crippen LogP contribution in [0.2, 0.25) is 0 Å². The molecule has 2 heterocycles. The van der Waals surface area contributed by atoms with Gasteiger partial charge < -0.3 is 14.4 Å². The van der Waals surface area contributed by atoms with Gasteiger partial charge in [-0.2, -0.15) is 0 Å². The predicted octanol–water partition coefficient (Wildman–Crippen LogP) is 2.05. The Labute approximate surface area is 90.7 Å². The van der Waals surface area contributed by atoms with Gasteiger partial charge in [-0.3, -0.25) is 0 Å². The first kappa shape index (κ1) is 10.2. The highest BCUT2D eigenvalue weighted by Crippen LogP contribution is 2.25. The minimum Gasteiger partial charge on any atom is -0.477 e. The van der Waals surface area contributed by atoms with Crippen molar-refractivity contribution < 1.29 is 14.6 Å². The van der Waals surface area contributed by atoms with Gasteiger partial charge in [0.25, 0.3) is 0 Å². The molecule has 0 aliphatic carbocycles. The van der Waals surface area contributed by atoms with Crippen LogP contribution in [0.15, 0.2) is 17.5 Å². The van der Waals surface area contributed by atoms with Gasteiger partial charge in [0.15, 0.2) is 0 Å². The number of aromatic carboxylic acids is 1. The summed E-state index contributed by atoms with van der Waals surface area (Å²) in [7, 11) is 1.61. The molecular formula is C10H11NO3S. The van der Waals surface area contributed by atoms with Crippen molar-refractivity contribution >= 4 is 27.5 Å². The molecule has 5 heteroatoms. The molecule has 0 radical (unpaired) electrons. The van der Waals surface area contributed by atoms with Gasteiger partial charge in [0.2, 0.25) is 0 Å². The fourth-order valence-electron chi connectivity index (χ4n) is 1.56. The zero-order chi connectivity index (χ0) is 10.8. The average molecular weight is 225 g/mol. The van der Waals surface area contributed by atoms with Crippen molar-refractivity contribution in [3.8, 4) is 0 Å². The average Bonchev–Trinajstić information content (AvgIpc) is 2.74. The van der Waals surface area contributed by atoms with Gasteiger partial charge in [-0.25, -0.2) is 4.79 Å². The smallest absolute Gasteiger partial charge is 0.352 e. The molecule has 0 aromatic carbocycles. The zero-order valence-corrected chi connectivity index (χ0v) is 9.08. The zero-order valence-electron chi connectivity index (χ0n) is 8.27. The summed E-state index contributed by atoms with van der Waals surface area (Å²) in [5, 5.41) is 12.0. The lowest BCUT2D eigenvalue weighted by molar-refractivity contribution is 0.0683. The fraction of sp³-hybridized carbons (Fsp3) is 0.300. The molecule has 0 aliphatic heterocycles. The number of thiophene rings is 1. The van der Waals surface area contributed by atoms with Crippen molar-refractivity contribution in [2.75, 3.05) is 13.7 Å². The van der Waals surface area contributed by atoms with Gasteiger partial charge in [0, 0.05) is 19.0 Å². The van der Waals surface area contributed by atoms with Gasteiger partial charge in [-0.15, -0.1) is 11.3 Å².